The van der Waals surface area contributed by atoms with Gasteiger partial charge >= 0.3 is 0 Å². The minimum atomic E-state index is -0.269. The quantitative estimate of drug-likeness (QED) is 0.842. The fourth-order valence-corrected chi connectivity index (χ4v) is 3.53. The van der Waals surface area contributed by atoms with E-state index in [9.17, 15) is 4.39 Å². The van der Waals surface area contributed by atoms with Crippen molar-refractivity contribution in [1.82, 2.24) is 19.9 Å². The van der Waals surface area contributed by atoms with Crippen molar-refractivity contribution >= 4 is 0 Å². The highest BCUT2D eigenvalue weighted by atomic mass is 19.1. The second-order valence-electron chi connectivity index (χ2n) is 6.66. The average Bonchev–Trinajstić information content (AvgIpc) is 3.03. The van der Waals surface area contributed by atoms with Crippen molar-refractivity contribution in [3.63, 3.8) is 0 Å². The zero-order valence-electron chi connectivity index (χ0n) is 14.6. The smallest absolute Gasteiger partial charge is 0.241 e. The van der Waals surface area contributed by atoms with Gasteiger partial charge in [-0.05, 0) is 56.7 Å². The lowest BCUT2D eigenvalue weighted by Gasteiger charge is -2.40. The first kappa shape index (κ1) is 17.0. The van der Waals surface area contributed by atoms with E-state index in [-0.39, 0.29) is 5.82 Å². The number of likely N-dealkylation sites (tertiary alicyclic amines) is 1. The van der Waals surface area contributed by atoms with Crippen molar-refractivity contribution in [3.05, 3.63) is 36.0 Å². The summed E-state index contributed by atoms with van der Waals surface area (Å²) in [5.41, 5.74) is 0.763. The highest BCUT2D eigenvalue weighted by molar-refractivity contribution is 5.53. The maximum absolute atomic E-state index is 13.0. The Balaban J connectivity index is 1.63. The molecular weight excluding hydrogens is 307 g/mol. The summed E-state index contributed by atoms with van der Waals surface area (Å²) in [4.78, 5) is 9.25. The Morgan fingerprint density at radius 1 is 1.33 bits per heavy atom. The number of halogens is 1. The molecule has 1 aliphatic heterocycles. The third kappa shape index (κ3) is 3.82. The van der Waals surface area contributed by atoms with Gasteiger partial charge in [0.2, 0.25) is 11.7 Å². The van der Waals surface area contributed by atoms with Gasteiger partial charge in [0.1, 0.15) is 5.82 Å². The molecule has 0 radical (unpaired) electrons. The van der Waals surface area contributed by atoms with E-state index in [1.165, 1.54) is 12.1 Å². The number of rotatable bonds is 5. The summed E-state index contributed by atoms with van der Waals surface area (Å²) in [5, 5.41) is 4.02. The molecule has 1 fully saturated rings. The molecule has 0 bridgehead atoms. The zero-order valence-corrected chi connectivity index (χ0v) is 14.6. The summed E-state index contributed by atoms with van der Waals surface area (Å²) >= 11 is 0. The number of nitrogens with zero attached hydrogens (tertiary/aromatic N) is 4. The zero-order chi connectivity index (χ0) is 17.1. The second kappa shape index (κ2) is 7.40. The number of piperidine rings is 1. The molecule has 0 amide bonds. The summed E-state index contributed by atoms with van der Waals surface area (Å²) in [7, 11) is 2.12. The molecule has 0 N–H and O–H groups in total. The van der Waals surface area contributed by atoms with Gasteiger partial charge in [-0.3, -0.25) is 4.90 Å². The molecule has 2 atom stereocenters. The van der Waals surface area contributed by atoms with Crippen molar-refractivity contribution in [2.45, 2.75) is 32.9 Å². The minimum Gasteiger partial charge on any atom is -0.338 e. The van der Waals surface area contributed by atoms with Crippen molar-refractivity contribution in [1.29, 1.82) is 0 Å². The lowest BCUT2D eigenvalue weighted by molar-refractivity contribution is 0.0724. The second-order valence-corrected chi connectivity index (χ2v) is 6.66. The van der Waals surface area contributed by atoms with Crippen LogP contribution in [0.25, 0.3) is 11.4 Å². The topological polar surface area (TPSA) is 45.4 Å². The molecule has 0 aliphatic carbocycles. The van der Waals surface area contributed by atoms with Crippen molar-refractivity contribution in [2.75, 3.05) is 26.7 Å². The van der Waals surface area contributed by atoms with Crippen LogP contribution in [0.5, 0.6) is 0 Å². The van der Waals surface area contributed by atoms with Crippen molar-refractivity contribution < 1.29 is 8.91 Å². The maximum atomic E-state index is 13.0. The molecule has 5 nitrogen and oxygen atoms in total. The van der Waals surface area contributed by atoms with E-state index in [0.717, 1.165) is 31.6 Å². The Morgan fingerprint density at radius 3 is 2.75 bits per heavy atom. The Bertz CT molecular complexity index is 657. The first-order chi connectivity index (χ1) is 11.6. The fraction of sp³-hybridized carbons (Fsp3) is 0.556. The van der Waals surface area contributed by atoms with Crippen LogP contribution in [0, 0.1) is 11.7 Å². The molecule has 6 heteroatoms. The Kier molecular flexibility index (Phi) is 5.26. The number of hydrogen-bond donors (Lipinski definition) is 0. The highest BCUT2D eigenvalue weighted by Gasteiger charge is 2.29. The van der Waals surface area contributed by atoms with Crippen LogP contribution in [-0.2, 0) is 6.54 Å². The van der Waals surface area contributed by atoms with Gasteiger partial charge in [-0.2, -0.15) is 4.98 Å². The first-order valence-corrected chi connectivity index (χ1v) is 8.58. The molecule has 2 aromatic rings. The summed E-state index contributed by atoms with van der Waals surface area (Å²) in [5.74, 6) is 1.45. The molecule has 130 valence electrons. The molecule has 0 unspecified atom stereocenters. The molecule has 0 spiro atoms. The van der Waals surface area contributed by atoms with E-state index >= 15 is 0 Å². The van der Waals surface area contributed by atoms with Gasteiger partial charge < -0.3 is 9.42 Å². The third-order valence-electron chi connectivity index (χ3n) is 4.91. The third-order valence-corrected chi connectivity index (χ3v) is 4.91. The van der Waals surface area contributed by atoms with E-state index in [1.54, 1.807) is 12.1 Å². The number of hydrogen-bond acceptors (Lipinski definition) is 5. The Labute approximate surface area is 142 Å². The normalized spacial score (nSPS) is 22.2. The van der Waals surface area contributed by atoms with E-state index < -0.39 is 0 Å². The molecular formula is C18H25FN4O. The maximum Gasteiger partial charge on any atom is 0.241 e. The molecule has 1 aliphatic rings. The lowest BCUT2D eigenvalue weighted by Crippen LogP contribution is -2.48. The van der Waals surface area contributed by atoms with Crippen LogP contribution in [0.1, 0.15) is 26.2 Å². The van der Waals surface area contributed by atoms with Gasteiger partial charge in [-0.15, -0.1) is 0 Å². The molecule has 1 saturated heterocycles. The van der Waals surface area contributed by atoms with Crippen molar-refractivity contribution in [2.24, 2.45) is 5.92 Å². The van der Waals surface area contributed by atoms with Crippen LogP contribution in [-0.4, -0.2) is 52.7 Å². The van der Waals surface area contributed by atoms with Crippen LogP contribution < -0.4 is 0 Å². The van der Waals surface area contributed by atoms with Crippen LogP contribution in [0.2, 0.25) is 0 Å². The molecule has 1 aromatic carbocycles. The van der Waals surface area contributed by atoms with Gasteiger partial charge in [0.15, 0.2) is 0 Å². The average molecular weight is 332 g/mol. The molecule has 2 heterocycles. The largest absolute Gasteiger partial charge is 0.338 e. The number of benzene rings is 1. The van der Waals surface area contributed by atoms with Gasteiger partial charge in [0.25, 0.3) is 0 Å². The van der Waals surface area contributed by atoms with Gasteiger partial charge in [-0.25, -0.2) is 4.39 Å². The summed E-state index contributed by atoms with van der Waals surface area (Å²) in [6, 6.07) is 6.65. The SMILES string of the molecule is CCN1CC[C@H](N(C)Cc2nc(-c3ccc(F)cc3)no2)[C@H](C)C1. The van der Waals surface area contributed by atoms with Crippen LogP contribution in [0.4, 0.5) is 4.39 Å². The van der Waals surface area contributed by atoms with Gasteiger partial charge in [-0.1, -0.05) is 19.0 Å². The summed E-state index contributed by atoms with van der Waals surface area (Å²) in [6.45, 7) is 8.55. The van der Waals surface area contributed by atoms with E-state index in [1.807, 2.05) is 0 Å². The molecule has 3 rings (SSSR count). The van der Waals surface area contributed by atoms with Gasteiger partial charge in [0.05, 0.1) is 6.54 Å². The highest BCUT2D eigenvalue weighted by Crippen LogP contribution is 2.23. The molecule has 24 heavy (non-hydrogen) atoms. The fourth-order valence-electron chi connectivity index (χ4n) is 3.53. The predicted molar refractivity (Wildman–Crippen MR) is 90.8 cm³/mol. The van der Waals surface area contributed by atoms with Crippen molar-refractivity contribution in [3.8, 4) is 11.4 Å². The van der Waals surface area contributed by atoms with Crippen LogP contribution in [0.15, 0.2) is 28.8 Å². The summed E-state index contributed by atoms with van der Waals surface area (Å²) in [6.07, 6.45) is 1.16. The standard InChI is InChI=1S/C18H25FN4O/c1-4-23-10-9-16(13(2)11-23)22(3)12-17-20-18(21-24-17)14-5-7-15(19)8-6-14/h5-8,13,16H,4,9-12H2,1-3H3/t13-,16+/m1/s1. The first-order valence-electron chi connectivity index (χ1n) is 8.58. The molecule has 1 aromatic heterocycles. The van der Waals surface area contributed by atoms with E-state index in [4.69, 9.17) is 4.52 Å². The van der Waals surface area contributed by atoms with Crippen LogP contribution in [0.3, 0.4) is 0 Å². The monoisotopic (exact) mass is 332 g/mol. The molecule has 0 saturated carbocycles. The number of aromatic nitrogens is 2. The Hall–Kier alpha value is -1.79. The predicted octanol–water partition coefficient (Wildman–Crippen LogP) is 3.04. The van der Waals surface area contributed by atoms with E-state index in [2.05, 4.69) is 40.8 Å². The minimum absolute atomic E-state index is 0.269. The lowest BCUT2D eigenvalue weighted by atomic mass is 9.92. The van der Waals surface area contributed by atoms with Gasteiger partial charge in [0, 0.05) is 18.2 Å². The van der Waals surface area contributed by atoms with E-state index in [0.29, 0.717) is 30.2 Å². The van der Waals surface area contributed by atoms with Crippen LogP contribution >= 0.6 is 0 Å². The summed E-state index contributed by atoms with van der Waals surface area (Å²) < 4.78 is 18.4. The Morgan fingerprint density at radius 2 is 2.08 bits per heavy atom.